The molecule has 0 spiro atoms. The number of aryl methyl sites for hydroxylation is 1. The number of amides is 1. The molecule has 4 heterocycles. The second-order valence-electron chi connectivity index (χ2n) is 5.78. The SMILES string of the molecule is Cn1nc(C(=O)O)c2c1CCN(C(=O)c1cc3ccccn3n1)C2. The summed E-state index contributed by atoms with van der Waals surface area (Å²) >= 11 is 0. The van der Waals surface area contributed by atoms with E-state index in [1.54, 1.807) is 33.4 Å². The molecule has 3 aromatic heterocycles. The zero-order valence-corrected chi connectivity index (χ0v) is 13.0. The Bertz CT molecular complexity index is 938. The third-order valence-electron chi connectivity index (χ3n) is 4.32. The van der Waals surface area contributed by atoms with Gasteiger partial charge >= 0.3 is 5.97 Å². The summed E-state index contributed by atoms with van der Waals surface area (Å²) < 4.78 is 3.24. The number of nitrogens with zero attached hydrogens (tertiary/aromatic N) is 5. The van der Waals surface area contributed by atoms with Crippen LogP contribution < -0.4 is 0 Å². The average molecular weight is 325 g/mol. The molecule has 0 aliphatic carbocycles. The van der Waals surface area contributed by atoms with Gasteiger partial charge in [0.25, 0.3) is 5.91 Å². The van der Waals surface area contributed by atoms with Crippen molar-refractivity contribution in [2.75, 3.05) is 6.54 Å². The fourth-order valence-corrected chi connectivity index (χ4v) is 3.14. The van der Waals surface area contributed by atoms with Gasteiger partial charge in [0.15, 0.2) is 11.4 Å². The lowest BCUT2D eigenvalue weighted by Gasteiger charge is -2.26. The van der Waals surface area contributed by atoms with Gasteiger partial charge in [0, 0.05) is 37.5 Å². The van der Waals surface area contributed by atoms with Crippen LogP contribution in [0.25, 0.3) is 5.52 Å². The number of aromatic nitrogens is 4. The molecule has 8 heteroatoms. The summed E-state index contributed by atoms with van der Waals surface area (Å²) in [5.41, 5.74) is 2.68. The predicted octanol–water partition coefficient (Wildman–Crippen LogP) is 0.964. The van der Waals surface area contributed by atoms with Crippen LogP contribution in [0.1, 0.15) is 32.2 Å². The number of fused-ring (bicyclic) bond motifs is 2. The predicted molar refractivity (Wildman–Crippen MR) is 83.8 cm³/mol. The Morgan fingerprint density at radius 3 is 2.83 bits per heavy atom. The van der Waals surface area contributed by atoms with E-state index in [4.69, 9.17) is 0 Å². The van der Waals surface area contributed by atoms with Crippen molar-refractivity contribution in [3.05, 3.63) is 53.1 Å². The van der Waals surface area contributed by atoms with E-state index < -0.39 is 5.97 Å². The standard InChI is InChI=1S/C16H15N5O3/c1-19-13-5-7-20(9-11(13)14(18-19)16(23)24)15(22)12-8-10-4-2-3-6-21(10)17-12/h2-4,6,8H,5,7,9H2,1H3,(H,23,24). The minimum absolute atomic E-state index is 0.0139. The van der Waals surface area contributed by atoms with Gasteiger partial charge in [0.05, 0.1) is 12.1 Å². The number of carbonyl (C=O) groups is 2. The highest BCUT2D eigenvalue weighted by Crippen LogP contribution is 2.23. The molecule has 0 aromatic carbocycles. The van der Waals surface area contributed by atoms with E-state index in [1.807, 2.05) is 18.2 Å². The molecule has 122 valence electrons. The highest BCUT2D eigenvalue weighted by atomic mass is 16.4. The van der Waals surface area contributed by atoms with Crippen LogP contribution in [0, 0.1) is 0 Å². The summed E-state index contributed by atoms with van der Waals surface area (Å²) in [4.78, 5) is 25.7. The number of hydrogen-bond donors (Lipinski definition) is 1. The number of carboxylic acid groups (broad SMARTS) is 1. The minimum atomic E-state index is -1.08. The summed E-state index contributed by atoms with van der Waals surface area (Å²) in [6, 6.07) is 7.34. The number of rotatable bonds is 2. The van der Waals surface area contributed by atoms with E-state index >= 15 is 0 Å². The quantitative estimate of drug-likeness (QED) is 0.758. The van der Waals surface area contributed by atoms with Gasteiger partial charge in [-0.25, -0.2) is 9.31 Å². The molecule has 4 rings (SSSR count). The summed E-state index contributed by atoms with van der Waals surface area (Å²) in [5.74, 6) is -1.28. The molecule has 3 aromatic rings. The van der Waals surface area contributed by atoms with Crippen molar-refractivity contribution in [3.8, 4) is 0 Å². The topological polar surface area (TPSA) is 92.7 Å². The first-order valence-electron chi connectivity index (χ1n) is 7.56. The van der Waals surface area contributed by atoms with Crippen molar-refractivity contribution in [1.29, 1.82) is 0 Å². The van der Waals surface area contributed by atoms with Crippen LogP contribution in [-0.2, 0) is 20.0 Å². The van der Waals surface area contributed by atoms with Crippen molar-refractivity contribution < 1.29 is 14.7 Å². The van der Waals surface area contributed by atoms with E-state index in [0.717, 1.165) is 11.2 Å². The Morgan fingerprint density at radius 1 is 1.25 bits per heavy atom. The number of carboxylic acids is 1. The number of pyridine rings is 1. The largest absolute Gasteiger partial charge is 0.476 e. The molecule has 0 saturated carbocycles. The van der Waals surface area contributed by atoms with Gasteiger partial charge in [-0.3, -0.25) is 9.48 Å². The maximum absolute atomic E-state index is 12.7. The second-order valence-corrected chi connectivity index (χ2v) is 5.78. The summed E-state index contributed by atoms with van der Waals surface area (Å²) in [6.45, 7) is 0.746. The van der Waals surface area contributed by atoms with Crippen molar-refractivity contribution in [2.45, 2.75) is 13.0 Å². The Kier molecular flexibility index (Phi) is 3.12. The molecule has 1 aliphatic heterocycles. The van der Waals surface area contributed by atoms with Gasteiger partial charge in [0.1, 0.15) is 0 Å². The Morgan fingerprint density at radius 2 is 2.08 bits per heavy atom. The zero-order chi connectivity index (χ0) is 16.8. The maximum atomic E-state index is 12.7. The average Bonchev–Trinajstić information content (AvgIpc) is 3.15. The molecule has 24 heavy (non-hydrogen) atoms. The van der Waals surface area contributed by atoms with Crippen molar-refractivity contribution >= 4 is 17.4 Å². The van der Waals surface area contributed by atoms with E-state index in [1.165, 1.54) is 0 Å². The van der Waals surface area contributed by atoms with E-state index in [-0.39, 0.29) is 18.1 Å². The summed E-state index contributed by atoms with van der Waals surface area (Å²) in [5, 5.41) is 17.6. The van der Waals surface area contributed by atoms with Crippen LogP contribution in [0.5, 0.6) is 0 Å². The van der Waals surface area contributed by atoms with Crippen LogP contribution in [0.15, 0.2) is 30.5 Å². The second kappa shape index (κ2) is 5.19. The summed E-state index contributed by atoms with van der Waals surface area (Å²) in [7, 11) is 1.73. The maximum Gasteiger partial charge on any atom is 0.356 e. The molecular formula is C16H15N5O3. The minimum Gasteiger partial charge on any atom is -0.476 e. The number of hydrogen-bond acceptors (Lipinski definition) is 4. The molecule has 0 unspecified atom stereocenters. The molecule has 0 atom stereocenters. The third-order valence-corrected chi connectivity index (χ3v) is 4.32. The fourth-order valence-electron chi connectivity index (χ4n) is 3.14. The van der Waals surface area contributed by atoms with E-state index in [9.17, 15) is 14.7 Å². The van der Waals surface area contributed by atoms with Gasteiger partial charge in [-0.05, 0) is 18.2 Å². The van der Waals surface area contributed by atoms with Crippen LogP contribution in [-0.4, -0.2) is 47.8 Å². The Balaban J connectivity index is 1.66. The van der Waals surface area contributed by atoms with Gasteiger partial charge in [-0.15, -0.1) is 0 Å². The molecule has 0 fully saturated rings. The summed E-state index contributed by atoms with van der Waals surface area (Å²) in [6.07, 6.45) is 2.36. The van der Waals surface area contributed by atoms with Gasteiger partial charge in [-0.2, -0.15) is 10.2 Å². The van der Waals surface area contributed by atoms with Crippen LogP contribution in [0.3, 0.4) is 0 Å². The highest BCUT2D eigenvalue weighted by molar-refractivity contribution is 5.94. The fraction of sp³-hybridized carbons (Fsp3) is 0.250. The molecule has 8 nitrogen and oxygen atoms in total. The smallest absolute Gasteiger partial charge is 0.356 e. The molecule has 0 saturated heterocycles. The van der Waals surface area contributed by atoms with Gasteiger partial charge in [0.2, 0.25) is 0 Å². The van der Waals surface area contributed by atoms with Crippen LogP contribution >= 0.6 is 0 Å². The lowest BCUT2D eigenvalue weighted by atomic mass is 10.0. The number of aromatic carboxylic acids is 1. The molecule has 1 amide bonds. The van der Waals surface area contributed by atoms with Crippen molar-refractivity contribution in [1.82, 2.24) is 24.3 Å². The first kappa shape index (κ1) is 14.4. The van der Waals surface area contributed by atoms with E-state index in [2.05, 4.69) is 10.2 Å². The number of carbonyl (C=O) groups excluding carboxylic acids is 1. The Hall–Kier alpha value is -3.16. The molecule has 0 bridgehead atoms. The van der Waals surface area contributed by atoms with E-state index in [0.29, 0.717) is 24.2 Å². The lowest BCUT2D eigenvalue weighted by Crippen LogP contribution is -2.36. The van der Waals surface area contributed by atoms with Gasteiger partial charge in [-0.1, -0.05) is 6.07 Å². The first-order valence-corrected chi connectivity index (χ1v) is 7.56. The van der Waals surface area contributed by atoms with Crippen molar-refractivity contribution in [3.63, 3.8) is 0 Å². The zero-order valence-electron chi connectivity index (χ0n) is 13.0. The van der Waals surface area contributed by atoms with Crippen LogP contribution in [0.4, 0.5) is 0 Å². The lowest BCUT2D eigenvalue weighted by molar-refractivity contribution is 0.0673. The molecule has 1 N–H and O–H groups in total. The van der Waals surface area contributed by atoms with Crippen LogP contribution in [0.2, 0.25) is 0 Å². The van der Waals surface area contributed by atoms with Gasteiger partial charge < -0.3 is 10.0 Å². The third kappa shape index (κ3) is 2.15. The Labute approximate surface area is 136 Å². The normalized spacial score (nSPS) is 14.0. The molecule has 1 aliphatic rings. The first-order chi connectivity index (χ1) is 11.5. The molecule has 0 radical (unpaired) electrons. The highest BCUT2D eigenvalue weighted by Gasteiger charge is 2.30. The monoisotopic (exact) mass is 325 g/mol. The van der Waals surface area contributed by atoms with Crippen molar-refractivity contribution in [2.24, 2.45) is 7.05 Å². The molecular weight excluding hydrogens is 310 g/mol.